The number of hydrogen-bond donors (Lipinski definition) is 1. The van der Waals surface area contributed by atoms with Crippen molar-refractivity contribution in [3.63, 3.8) is 0 Å². The third-order valence-electron chi connectivity index (χ3n) is 11.4. The van der Waals surface area contributed by atoms with Crippen molar-refractivity contribution < 1.29 is 23.5 Å². The maximum Gasteiger partial charge on any atom is 0.331 e. The van der Waals surface area contributed by atoms with E-state index in [1.54, 1.807) is 11.0 Å². The van der Waals surface area contributed by atoms with Crippen molar-refractivity contribution in [1.29, 1.82) is 0 Å². The molecule has 3 aliphatic rings. The van der Waals surface area contributed by atoms with Crippen LogP contribution in [0.1, 0.15) is 71.8 Å². The number of benzene rings is 1. The molecular formula is C37H48F2N4O5. The fourth-order valence-electron chi connectivity index (χ4n) is 8.51. The van der Waals surface area contributed by atoms with Crippen molar-refractivity contribution in [2.24, 2.45) is 22.7 Å². The van der Waals surface area contributed by atoms with Gasteiger partial charge in [0.2, 0.25) is 17.6 Å². The molecule has 1 saturated heterocycles. The van der Waals surface area contributed by atoms with E-state index in [2.05, 4.69) is 27.4 Å². The van der Waals surface area contributed by atoms with Gasteiger partial charge in [0.1, 0.15) is 12.4 Å². The van der Waals surface area contributed by atoms with Crippen molar-refractivity contribution in [3.8, 4) is 0 Å². The summed E-state index contributed by atoms with van der Waals surface area (Å²) in [7, 11) is 0. The smallest absolute Gasteiger partial charge is 0.331 e. The maximum atomic E-state index is 14.5. The van der Waals surface area contributed by atoms with Gasteiger partial charge in [-0.3, -0.25) is 23.5 Å². The van der Waals surface area contributed by atoms with E-state index >= 15 is 0 Å². The molecule has 0 unspecified atom stereocenters. The van der Waals surface area contributed by atoms with E-state index in [4.69, 9.17) is 0 Å². The molecule has 5 rings (SSSR count). The molecule has 2 saturated carbocycles. The Labute approximate surface area is 280 Å². The number of amides is 2. The second kappa shape index (κ2) is 13.9. The molecule has 0 spiro atoms. The average molecular weight is 667 g/mol. The Hall–Kier alpha value is -3.86. The number of aliphatic hydroxyl groups is 1. The Bertz CT molecular complexity index is 1700. The Morgan fingerprint density at radius 2 is 1.67 bits per heavy atom. The molecule has 1 N–H and O–H groups in total. The van der Waals surface area contributed by atoms with Crippen LogP contribution in [0, 0.1) is 34.3 Å². The molecule has 11 heteroatoms. The molecule has 0 radical (unpaired) electrons. The Balaban J connectivity index is 1.16. The van der Waals surface area contributed by atoms with Gasteiger partial charge in [-0.05, 0) is 85.8 Å². The van der Waals surface area contributed by atoms with Gasteiger partial charge in [-0.25, -0.2) is 9.18 Å². The number of carbonyl (C=O) groups is 2. The maximum absolute atomic E-state index is 14.5. The van der Waals surface area contributed by atoms with Gasteiger partial charge in [-0.15, -0.1) is 0 Å². The highest BCUT2D eigenvalue weighted by atomic mass is 19.1. The number of piperazine rings is 1. The summed E-state index contributed by atoms with van der Waals surface area (Å²) in [5, 5.41) is 10.7. The number of aromatic nitrogens is 2. The minimum absolute atomic E-state index is 0.0714. The van der Waals surface area contributed by atoms with Gasteiger partial charge in [-0.2, -0.15) is 4.39 Å². The summed E-state index contributed by atoms with van der Waals surface area (Å²) in [6.45, 7) is 13.6. The predicted molar refractivity (Wildman–Crippen MR) is 179 cm³/mol. The van der Waals surface area contributed by atoms with Crippen LogP contribution in [0.4, 0.5) is 8.78 Å². The lowest BCUT2D eigenvalue weighted by atomic mass is 9.46. The van der Waals surface area contributed by atoms with Gasteiger partial charge in [-0.1, -0.05) is 50.6 Å². The highest BCUT2D eigenvalue weighted by molar-refractivity contribution is 5.88. The lowest BCUT2D eigenvalue weighted by Crippen LogP contribution is -2.54. The average Bonchev–Trinajstić information content (AvgIpc) is 3.04. The first-order valence-corrected chi connectivity index (χ1v) is 17.0. The fraction of sp³-hybridized carbons (Fsp3) is 0.568. The molecule has 2 heterocycles. The number of nitrogens with zero attached hydrogens (tertiary/aromatic N) is 4. The van der Waals surface area contributed by atoms with Gasteiger partial charge in [0.15, 0.2) is 0 Å². The van der Waals surface area contributed by atoms with E-state index in [1.165, 1.54) is 34.7 Å². The van der Waals surface area contributed by atoms with E-state index < -0.39 is 35.3 Å². The van der Waals surface area contributed by atoms with Crippen molar-refractivity contribution in [3.05, 3.63) is 92.3 Å². The zero-order valence-corrected chi connectivity index (χ0v) is 28.5. The van der Waals surface area contributed by atoms with Gasteiger partial charge >= 0.3 is 5.69 Å². The first-order chi connectivity index (χ1) is 22.6. The number of aliphatic hydroxyl groups excluding tert-OH is 1. The largest absolute Gasteiger partial charge is 0.393 e. The summed E-state index contributed by atoms with van der Waals surface area (Å²) in [5.74, 6) is -1.45. The number of rotatable bonds is 8. The Morgan fingerprint density at radius 1 is 1.02 bits per heavy atom. The molecular weight excluding hydrogens is 618 g/mol. The molecule has 1 aromatic heterocycles. The van der Waals surface area contributed by atoms with E-state index in [1.807, 2.05) is 6.92 Å². The summed E-state index contributed by atoms with van der Waals surface area (Å²) in [5.41, 5.74) is 0.657. The third-order valence-corrected chi connectivity index (χ3v) is 11.4. The van der Waals surface area contributed by atoms with E-state index in [-0.39, 0.29) is 42.5 Å². The summed E-state index contributed by atoms with van der Waals surface area (Å²) in [6.07, 6.45) is 7.59. The second-order valence-corrected chi connectivity index (χ2v) is 14.8. The topological polar surface area (TPSA) is 105 Å². The van der Waals surface area contributed by atoms with Crippen LogP contribution < -0.4 is 11.2 Å². The SMILES string of the molecule is C=C1CC[C@@H]2C(C)(C)[C@H](O)CC[C@@]2(C)[C@@H]1CC/C(C)=C/C(=O)N1CCN(C(=O)Cn2cc(F)c(=O)n(Cc3ccc(F)cc3)c2=O)CC1. The summed E-state index contributed by atoms with van der Waals surface area (Å²) in [4.78, 5) is 54.9. The van der Waals surface area contributed by atoms with Crippen molar-refractivity contribution in [2.75, 3.05) is 26.2 Å². The second-order valence-electron chi connectivity index (χ2n) is 14.8. The standard InChI is InChI=1S/C37H48F2N4O5/c1-24(6-12-28-25(2)7-13-30-36(3,4)31(44)14-15-37(28,30)5)20-32(45)40-16-18-41(19-17-40)33(46)23-42-22-29(39)34(47)43(35(42)48)21-26-8-10-27(38)11-9-26/h8-11,20,22,28,30-31,44H,2,6-7,12-19,21,23H2,1,3-5H3/b24-20+/t28-,30-,31-,37+/m1/s1. The highest BCUT2D eigenvalue weighted by Crippen LogP contribution is 2.61. The summed E-state index contributed by atoms with van der Waals surface area (Å²) < 4.78 is 29.3. The molecule has 260 valence electrons. The molecule has 0 bridgehead atoms. The van der Waals surface area contributed by atoms with Crippen LogP contribution in [0.5, 0.6) is 0 Å². The number of allylic oxidation sites excluding steroid dienone is 2. The first-order valence-electron chi connectivity index (χ1n) is 17.0. The van der Waals surface area contributed by atoms with Crippen LogP contribution >= 0.6 is 0 Å². The molecule has 2 amide bonds. The van der Waals surface area contributed by atoms with Crippen LogP contribution in [0.3, 0.4) is 0 Å². The zero-order chi connectivity index (χ0) is 35.0. The summed E-state index contributed by atoms with van der Waals surface area (Å²) >= 11 is 0. The molecule has 1 aliphatic heterocycles. The van der Waals surface area contributed by atoms with Crippen LogP contribution in [-0.4, -0.2) is 68.1 Å². The third kappa shape index (κ3) is 7.11. The van der Waals surface area contributed by atoms with Gasteiger partial charge in [0.05, 0.1) is 18.8 Å². The molecule has 1 aromatic carbocycles. The minimum Gasteiger partial charge on any atom is -0.393 e. The molecule has 48 heavy (non-hydrogen) atoms. The van der Waals surface area contributed by atoms with Crippen molar-refractivity contribution >= 4 is 11.8 Å². The van der Waals surface area contributed by atoms with Gasteiger partial charge in [0, 0.05) is 32.3 Å². The zero-order valence-electron chi connectivity index (χ0n) is 28.5. The van der Waals surface area contributed by atoms with Crippen LogP contribution in [0.2, 0.25) is 0 Å². The van der Waals surface area contributed by atoms with Crippen LogP contribution in [0.15, 0.2) is 63.9 Å². The predicted octanol–water partition coefficient (Wildman–Crippen LogP) is 4.50. The highest BCUT2D eigenvalue weighted by Gasteiger charge is 2.55. The van der Waals surface area contributed by atoms with Gasteiger partial charge in [0.25, 0.3) is 5.56 Å². The number of hydrogen-bond acceptors (Lipinski definition) is 5. The normalized spacial score (nSPS) is 25.9. The monoisotopic (exact) mass is 666 g/mol. The molecule has 2 aromatic rings. The Kier molecular flexibility index (Phi) is 10.3. The summed E-state index contributed by atoms with van der Waals surface area (Å²) in [6, 6.07) is 5.14. The minimum atomic E-state index is -1.18. The number of halogens is 2. The molecule has 4 atom stereocenters. The van der Waals surface area contributed by atoms with Gasteiger partial charge < -0.3 is 14.9 Å². The van der Waals surface area contributed by atoms with E-state index in [0.29, 0.717) is 35.1 Å². The Morgan fingerprint density at radius 3 is 2.33 bits per heavy atom. The van der Waals surface area contributed by atoms with Crippen molar-refractivity contribution in [1.82, 2.24) is 18.9 Å². The number of fused-ring (bicyclic) bond motifs is 1. The molecule has 9 nitrogen and oxygen atoms in total. The lowest BCUT2D eigenvalue weighted by Gasteiger charge is -2.59. The van der Waals surface area contributed by atoms with Crippen LogP contribution in [0.25, 0.3) is 0 Å². The van der Waals surface area contributed by atoms with E-state index in [0.717, 1.165) is 54.9 Å². The molecule has 2 aliphatic carbocycles. The number of carbonyl (C=O) groups excluding carboxylic acids is 2. The molecule has 3 fully saturated rings. The quantitative estimate of drug-likeness (QED) is 0.330. The van der Waals surface area contributed by atoms with E-state index in [9.17, 15) is 33.1 Å². The van der Waals surface area contributed by atoms with Crippen molar-refractivity contribution in [2.45, 2.75) is 85.4 Å². The first kappa shape index (κ1) is 35.4. The lowest BCUT2D eigenvalue weighted by molar-refractivity contribution is -0.137. The van der Waals surface area contributed by atoms with Crippen LogP contribution in [-0.2, 0) is 22.7 Å². The fourth-order valence-corrected chi connectivity index (χ4v) is 8.51.